The van der Waals surface area contributed by atoms with Crippen LogP contribution in [0.25, 0.3) is 0 Å². The molecule has 0 saturated carbocycles. The zero-order chi connectivity index (χ0) is 15.8. The molecule has 7 nitrogen and oxygen atoms in total. The highest BCUT2D eigenvalue weighted by Crippen LogP contribution is 2.29. The number of imide groups is 1. The molecular weight excluding hydrogens is 315 g/mol. The van der Waals surface area contributed by atoms with Crippen LogP contribution in [0.2, 0.25) is 0 Å². The predicted molar refractivity (Wildman–Crippen MR) is 62.0 cm³/mol. The van der Waals surface area contributed by atoms with E-state index in [1.54, 1.807) is 4.83 Å². The van der Waals surface area contributed by atoms with Crippen LogP contribution in [-0.2, 0) is 21.0 Å². The van der Waals surface area contributed by atoms with E-state index in [9.17, 15) is 31.2 Å². The van der Waals surface area contributed by atoms with Crippen LogP contribution in [0.1, 0.15) is 5.56 Å². The van der Waals surface area contributed by atoms with Gasteiger partial charge in [-0.1, -0.05) is 0 Å². The first-order chi connectivity index (χ1) is 9.59. The van der Waals surface area contributed by atoms with Crippen LogP contribution in [-0.4, -0.2) is 31.9 Å². The molecule has 1 saturated heterocycles. The standard InChI is InChI=1S/C10H8F3N3O4S/c11-10(12,13)6-1-3-7(4-2-6)21(19,20)15-16-5-8(17)14-9(16)18/h1-4,15H,5H2,(H,14,17,18). The molecule has 2 N–H and O–H groups in total. The van der Waals surface area contributed by atoms with Gasteiger partial charge in [-0.05, 0) is 24.3 Å². The van der Waals surface area contributed by atoms with Crippen molar-refractivity contribution in [2.75, 3.05) is 6.54 Å². The Labute approximate surface area is 116 Å². The van der Waals surface area contributed by atoms with Crippen molar-refractivity contribution in [3.8, 4) is 0 Å². The lowest BCUT2D eigenvalue weighted by Crippen LogP contribution is -2.44. The largest absolute Gasteiger partial charge is 0.416 e. The molecule has 3 amide bonds. The lowest BCUT2D eigenvalue weighted by atomic mass is 10.2. The van der Waals surface area contributed by atoms with Gasteiger partial charge in [0.1, 0.15) is 6.54 Å². The van der Waals surface area contributed by atoms with Crippen LogP contribution < -0.4 is 10.1 Å². The van der Waals surface area contributed by atoms with E-state index in [1.807, 2.05) is 5.32 Å². The monoisotopic (exact) mass is 323 g/mol. The predicted octanol–water partition coefficient (Wildman–Crippen LogP) is 0.451. The molecule has 11 heteroatoms. The van der Waals surface area contributed by atoms with Crippen LogP contribution in [0.5, 0.6) is 0 Å². The lowest BCUT2D eigenvalue weighted by Gasteiger charge is -2.15. The molecule has 0 aliphatic carbocycles. The summed E-state index contributed by atoms with van der Waals surface area (Å²) < 4.78 is 60.9. The van der Waals surface area contributed by atoms with Gasteiger partial charge in [0.2, 0.25) is 5.91 Å². The molecular formula is C10H8F3N3O4S. The number of nitrogens with one attached hydrogen (secondary N) is 2. The van der Waals surface area contributed by atoms with Crippen molar-refractivity contribution in [2.24, 2.45) is 0 Å². The van der Waals surface area contributed by atoms with Crippen molar-refractivity contribution in [3.63, 3.8) is 0 Å². The van der Waals surface area contributed by atoms with Crippen molar-refractivity contribution in [2.45, 2.75) is 11.1 Å². The minimum atomic E-state index is -4.59. The fourth-order valence-electron chi connectivity index (χ4n) is 1.54. The first-order valence-electron chi connectivity index (χ1n) is 5.41. The fourth-order valence-corrected chi connectivity index (χ4v) is 2.57. The highest BCUT2D eigenvalue weighted by atomic mass is 32.2. The second-order valence-electron chi connectivity index (χ2n) is 4.06. The van der Waals surface area contributed by atoms with Crippen LogP contribution in [0.3, 0.4) is 0 Å². The smallest absolute Gasteiger partial charge is 0.275 e. The van der Waals surface area contributed by atoms with Gasteiger partial charge in [-0.3, -0.25) is 10.1 Å². The van der Waals surface area contributed by atoms with Crippen LogP contribution in [0, 0.1) is 0 Å². The summed E-state index contributed by atoms with van der Waals surface area (Å²) in [5, 5.41) is 2.35. The first-order valence-corrected chi connectivity index (χ1v) is 6.89. The number of halogens is 3. The zero-order valence-electron chi connectivity index (χ0n) is 10.1. The van der Waals surface area contributed by atoms with E-state index in [4.69, 9.17) is 0 Å². The Bertz CT molecular complexity index is 684. The maximum absolute atomic E-state index is 12.4. The summed E-state index contributed by atoms with van der Waals surface area (Å²) in [6.45, 7) is -0.515. The highest BCUT2D eigenvalue weighted by Gasteiger charge is 2.33. The highest BCUT2D eigenvalue weighted by molar-refractivity contribution is 7.89. The van der Waals surface area contributed by atoms with Crippen LogP contribution in [0.15, 0.2) is 29.2 Å². The fraction of sp³-hybridized carbons (Fsp3) is 0.200. The molecule has 0 aromatic heterocycles. The Morgan fingerprint density at radius 2 is 1.71 bits per heavy atom. The quantitative estimate of drug-likeness (QED) is 0.790. The number of carbonyl (C=O) groups is 2. The van der Waals surface area contributed by atoms with Crippen molar-refractivity contribution >= 4 is 22.0 Å². The van der Waals surface area contributed by atoms with E-state index >= 15 is 0 Å². The van der Waals surface area contributed by atoms with Gasteiger partial charge in [0, 0.05) is 0 Å². The van der Waals surface area contributed by atoms with Gasteiger partial charge in [-0.25, -0.2) is 18.2 Å². The van der Waals surface area contributed by atoms with Gasteiger partial charge < -0.3 is 0 Å². The molecule has 0 unspecified atom stereocenters. The number of alkyl halides is 3. The summed E-state index contributed by atoms with van der Waals surface area (Å²) in [6.07, 6.45) is -4.59. The molecule has 0 radical (unpaired) electrons. The van der Waals surface area contributed by atoms with Crippen LogP contribution in [0.4, 0.5) is 18.0 Å². The third-order valence-corrected chi connectivity index (χ3v) is 3.87. The third kappa shape index (κ3) is 3.31. The summed E-state index contributed by atoms with van der Waals surface area (Å²) in [4.78, 5) is 23.4. The molecule has 1 aromatic rings. The Balaban J connectivity index is 2.20. The number of amides is 3. The Hall–Kier alpha value is -2.14. The number of sulfonamides is 1. The molecule has 0 spiro atoms. The number of rotatable bonds is 3. The van der Waals surface area contributed by atoms with E-state index < -0.39 is 45.1 Å². The number of benzene rings is 1. The molecule has 1 heterocycles. The number of hydrogen-bond acceptors (Lipinski definition) is 4. The molecule has 114 valence electrons. The molecule has 0 atom stereocenters. The summed E-state index contributed by atoms with van der Waals surface area (Å²) in [7, 11) is -4.27. The summed E-state index contributed by atoms with van der Waals surface area (Å²) in [6, 6.07) is 1.74. The van der Waals surface area contributed by atoms with Crippen molar-refractivity contribution < 1.29 is 31.2 Å². The second kappa shape index (κ2) is 5.00. The number of urea groups is 1. The van der Waals surface area contributed by atoms with E-state index in [1.165, 1.54) is 0 Å². The van der Waals surface area contributed by atoms with Gasteiger partial charge in [-0.2, -0.15) is 13.2 Å². The summed E-state index contributed by atoms with van der Waals surface area (Å²) in [5.41, 5.74) is -1.00. The minimum Gasteiger partial charge on any atom is -0.275 e. The first kappa shape index (κ1) is 15.3. The topological polar surface area (TPSA) is 95.6 Å². The second-order valence-corrected chi connectivity index (χ2v) is 5.72. The van der Waals surface area contributed by atoms with Gasteiger partial charge in [0.15, 0.2) is 0 Å². The SMILES string of the molecule is O=C1CN(NS(=O)(=O)c2ccc(C(F)(F)F)cc2)C(=O)N1. The van der Waals surface area contributed by atoms with E-state index in [0.29, 0.717) is 17.1 Å². The average molecular weight is 323 g/mol. The Morgan fingerprint density at radius 3 is 2.14 bits per heavy atom. The number of hydrazine groups is 1. The van der Waals surface area contributed by atoms with Gasteiger partial charge in [0.25, 0.3) is 10.0 Å². The van der Waals surface area contributed by atoms with Crippen molar-refractivity contribution in [1.29, 1.82) is 0 Å². The van der Waals surface area contributed by atoms with E-state index in [2.05, 4.69) is 0 Å². The molecule has 1 aliphatic rings. The van der Waals surface area contributed by atoms with E-state index in [0.717, 1.165) is 12.1 Å². The van der Waals surface area contributed by atoms with Gasteiger partial charge in [0.05, 0.1) is 10.5 Å². The third-order valence-electron chi connectivity index (χ3n) is 2.52. The summed E-state index contributed by atoms with van der Waals surface area (Å²) >= 11 is 0. The van der Waals surface area contributed by atoms with Gasteiger partial charge >= 0.3 is 12.2 Å². The molecule has 0 bridgehead atoms. The Kier molecular flexibility index (Phi) is 3.63. The molecule has 21 heavy (non-hydrogen) atoms. The van der Waals surface area contributed by atoms with Crippen molar-refractivity contribution in [3.05, 3.63) is 29.8 Å². The average Bonchev–Trinajstić information content (AvgIpc) is 2.66. The van der Waals surface area contributed by atoms with Gasteiger partial charge in [-0.15, -0.1) is 4.83 Å². The molecule has 1 aromatic carbocycles. The van der Waals surface area contributed by atoms with Crippen molar-refractivity contribution in [1.82, 2.24) is 15.2 Å². The number of hydrogen-bond donors (Lipinski definition) is 2. The minimum absolute atomic E-state index is 0.470. The molecule has 1 aliphatic heterocycles. The maximum Gasteiger partial charge on any atom is 0.416 e. The normalized spacial score (nSPS) is 16.2. The maximum atomic E-state index is 12.4. The Morgan fingerprint density at radius 1 is 1.14 bits per heavy atom. The molecule has 2 rings (SSSR count). The summed E-state index contributed by atoms with van der Waals surface area (Å²) in [5.74, 6) is -0.699. The lowest BCUT2D eigenvalue weighted by molar-refractivity contribution is -0.137. The van der Waals surface area contributed by atoms with E-state index in [-0.39, 0.29) is 0 Å². The van der Waals surface area contributed by atoms with Crippen LogP contribution >= 0.6 is 0 Å². The number of nitrogens with zero attached hydrogens (tertiary/aromatic N) is 1. The number of carbonyl (C=O) groups excluding carboxylic acids is 2. The molecule has 1 fully saturated rings. The zero-order valence-corrected chi connectivity index (χ0v) is 11.0.